The number of amides is 1. The summed E-state index contributed by atoms with van der Waals surface area (Å²) in [4.78, 5) is 29.0. The number of nitro benzene ring substituents is 1. The van der Waals surface area contributed by atoms with Gasteiger partial charge in [-0.15, -0.1) is 27.8 Å². The topological polar surface area (TPSA) is 102 Å². The molecule has 4 aromatic rings. The van der Waals surface area contributed by atoms with Crippen LogP contribution in [0.5, 0.6) is 0 Å². The molecule has 142 valence electrons. The van der Waals surface area contributed by atoms with Crippen LogP contribution in [-0.4, -0.2) is 32.0 Å². The third kappa shape index (κ3) is 3.61. The maximum atomic E-state index is 12.3. The number of hydrogen-bond donors (Lipinski definition) is 1. The Kier molecular flexibility index (Phi) is 5.07. The molecule has 0 fully saturated rings. The van der Waals surface area contributed by atoms with Gasteiger partial charge >= 0.3 is 0 Å². The molecule has 0 spiro atoms. The van der Waals surface area contributed by atoms with E-state index in [0.29, 0.717) is 18.8 Å². The summed E-state index contributed by atoms with van der Waals surface area (Å²) in [6, 6.07) is 7.69. The first-order chi connectivity index (χ1) is 13.5. The van der Waals surface area contributed by atoms with E-state index in [0.717, 1.165) is 15.5 Å². The minimum Gasteiger partial charge on any atom is -0.352 e. The van der Waals surface area contributed by atoms with Crippen LogP contribution in [0.15, 0.2) is 41.1 Å². The molecule has 1 N–H and O–H groups in total. The van der Waals surface area contributed by atoms with Crippen molar-refractivity contribution < 1.29 is 9.72 Å². The van der Waals surface area contributed by atoms with E-state index in [1.54, 1.807) is 15.9 Å². The lowest BCUT2D eigenvalue weighted by Crippen LogP contribution is -2.26. The Labute approximate surface area is 171 Å². The van der Waals surface area contributed by atoms with Crippen molar-refractivity contribution in [2.45, 2.75) is 6.42 Å². The van der Waals surface area contributed by atoms with Crippen molar-refractivity contribution in [2.75, 3.05) is 6.54 Å². The number of hydrogen-bond acceptors (Lipinski definition) is 7. The largest absolute Gasteiger partial charge is 0.352 e. The van der Waals surface area contributed by atoms with Gasteiger partial charge in [-0.3, -0.25) is 14.9 Å². The molecule has 0 aliphatic carbocycles. The monoisotopic (exact) mass is 433 g/mol. The Morgan fingerprint density at radius 2 is 2.18 bits per heavy atom. The van der Waals surface area contributed by atoms with Gasteiger partial charge in [0.1, 0.15) is 0 Å². The van der Waals surface area contributed by atoms with Gasteiger partial charge in [0.05, 0.1) is 26.1 Å². The maximum Gasteiger partial charge on any atom is 0.270 e. The van der Waals surface area contributed by atoms with Crippen LogP contribution in [0.25, 0.3) is 15.7 Å². The van der Waals surface area contributed by atoms with Crippen LogP contribution in [0, 0.1) is 10.1 Å². The summed E-state index contributed by atoms with van der Waals surface area (Å²) in [5.41, 5.74) is 0.811. The highest BCUT2D eigenvalue weighted by molar-refractivity contribution is 7.15. The molecule has 0 unspecified atom stereocenters. The summed E-state index contributed by atoms with van der Waals surface area (Å²) in [6.45, 7) is 0.331. The van der Waals surface area contributed by atoms with E-state index in [-0.39, 0.29) is 16.3 Å². The molecule has 0 bridgehead atoms. The van der Waals surface area contributed by atoms with Crippen LogP contribution in [0.3, 0.4) is 0 Å². The standard InChI is InChI=1S/C17H12ClN5O3S2/c18-13-4-3-10(23(25)26)8-12(13)16(24)19-6-5-11-9-28-17-20-15(21-22(11)17)14-2-1-7-27-14/h1-4,7-9H,5-6H2,(H,19,24). The number of benzene rings is 1. The summed E-state index contributed by atoms with van der Waals surface area (Å²) in [5, 5.41) is 22.2. The first-order valence-corrected chi connectivity index (χ1v) is 10.3. The number of carbonyl (C=O) groups excluding carboxylic acids is 1. The number of non-ortho nitro benzene ring substituents is 1. The van der Waals surface area contributed by atoms with Gasteiger partial charge in [-0.2, -0.15) is 4.98 Å². The van der Waals surface area contributed by atoms with Crippen LogP contribution < -0.4 is 5.32 Å². The van der Waals surface area contributed by atoms with E-state index in [2.05, 4.69) is 15.4 Å². The van der Waals surface area contributed by atoms with Crippen LogP contribution in [0.2, 0.25) is 5.02 Å². The number of nitro groups is 1. The third-order valence-corrected chi connectivity index (χ3v) is 6.02. The van der Waals surface area contributed by atoms with Crippen molar-refractivity contribution in [1.82, 2.24) is 19.9 Å². The Morgan fingerprint density at radius 1 is 1.32 bits per heavy atom. The normalized spacial score (nSPS) is 11.0. The van der Waals surface area contributed by atoms with Gasteiger partial charge in [-0.05, 0) is 17.5 Å². The second-order valence-electron chi connectivity index (χ2n) is 5.76. The number of thiazole rings is 1. The highest BCUT2D eigenvalue weighted by Crippen LogP contribution is 2.25. The van der Waals surface area contributed by atoms with Crippen LogP contribution in [-0.2, 0) is 6.42 Å². The van der Waals surface area contributed by atoms with E-state index in [9.17, 15) is 14.9 Å². The second kappa shape index (κ2) is 7.66. The zero-order valence-corrected chi connectivity index (χ0v) is 16.6. The number of nitrogens with zero attached hydrogens (tertiary/aromatic N) is 4. The second-order valence-corrected chi connectivity index (χ2v) is 7.95. The molecule has 0 aliphatic rings. The van der Waals surface area contributed by atoms with Crippen molar-refractivity contribution >= 4 is 50.8 Å². The number of nitrogens with one attached hydrogen (secondary N) is 1. The molecule has 1 aromatic carbocycles. The zero-order valence-electron chi connectivity index (χ0n) is 14.2. The lowest BCUT2D eigenvalue weighted by molar-refractivity contribution is -0.384. The summed E-state index contributed by atoms with van der Waals surface area (Å²) in [6.07, 6.45) is 0.533. The zero-order chi connectivity index (χ0) is 19.7. The van der Waals surface area contributed by atoms with Gasteiger partial charge in [0.2, 0.25) is 4.96 Å². The number of thiophene rings is 1. The average Bonchev–Trinajstić information content (AvgIpc) is 3.39. The summed E-state index contributed by atoms with van der Waals surface area (Å²) in [7, 11) is 0. The van der Waals surface area contributed by atoms with E-state index in [1.807, 2.05) is 22.9 Å². The van der Waals surface area contributed by atoms with Crippen molar-refractivity contribution in [3.05, 3.63) is 67.5 Å². The molecule has 0 atom stereocenters. The molecule has 1 amide bonds. The summed E-state index contributed by atoms with van der Waals surface area (Å²) < 4.78 is 1.77. The predicted molar refractivity (Wildman–Crippen MR) is 108 cm³/mol. The third-order valence-electron chi connectivity index (χ3n) is 3.96. The number of carbonyl (C=O) groups is 1. The Bertz CT molecular complexity index is 1170. The summed E-state index contributed by atoms with van der Waals surface area (Å²) >= 11 is 9.05. The lowest BCUT2D eigenvalue weighted by Gasteiger charge is -2.06. The predicted octanol–water partition coefficient (Wildman–Crippen LogP) is 4.05. The molecular weight excluding hydrogens is 422 g/mol. The molecule has 0 saturated heterocycles. The van der Waals surface area contributed by atoms with Crippen molar-refractivity contribution in [3.63, 3.8) is 0 Å². The number of halogens is 1. The highest BCUT2D eigenvalue weighted by atomic mass is 35.5. The molecule has 4 rings (SSSR count). The number of fused-ring (bicyclic) bond motifs is 1. The Balaban J connectivity index is 1.45. The van der Waals surface area contributed by atoms with E-state index < -0.39 is 10.8 Å². The van der Waals surface area contributed by atoms with Crippen molar-refractivity contribution in [2.24, 2.45) is 0 Å². The minimum absolute atomic E-state index is 0.0760. The Hall–Kier alpha value is -2.82. The molecule has 3 aromatic heterocycles. The smallest absolute Gasteiger partial charge is 0.270 e. The number of rotatable bonds is 6. The fourth-order valence-electron chi connectivity index (χ4n) is 2.61. The molecular formula is C17H12ClN5O3S2. The molecule has 8 nitrogen and oxygen atoms in total. The average molecular weight is 434 g/mol. The van der Waals surface area contributed by atoms with Gasteiger partial charge in [-0.25, -0.2) is 4.52 Å². The minimum atomic E-state index is -0.564. The summed E-state index contributed by atoms with van der Waals surface area (Å²) in [5.74, 6) is 0.216. The molecule has 0 saturated carbocycles. The molecule has 0 radical (unpaired) electrons. The van der Waals surface area contributed by atoms with Crippen LogP contribution >= 0.6 is 34.3 Å². The van der Waals surface area contributed by atoms with E-state index in [1.165, 1.54) is 29.5 Å². The molecule has 3 heterocycles. The van der Waals surface area contributed by atoms with Gasteiger partial charge < -0.3 is 5.32 Å². The fraction of sp³-hybridized carbons (Fsp3) is 0.118. The first-order valence-electron chi connectivity index (χ1n) is 8.12. The van der Waals surface area contributed by atoms with E-state index >= 15 is 0 Å². The lowest BCUT2D eigenvalue weighted by atomic mass is 10.2. The fourth-order valence-corrected chi connectivity index (χ4v) is 4.32. The van der Waals surface area contributed by atoms with Gasteiger partial charge in [0.15, 0.2) is 5.82 Å². The number of aromatic nitrogens is 3. The molecule has 28 heavy (non-hydrogen) atoms. The van der Waals surface area contributed by atoms with Crippen molar-refractivity contribution in [1.29, 1.82) is 0 Å². The van der Waals surface area contributed by atoms with Gasteiger partial charge in [-0.1, -0.05) is 17.7 Å². The quantitative estimate of drug-likeness (QED) is 0.365. The highest BCUT2D eigenvalue weighted by Gasteiger charge is 2.16. The maximum absolute atomic E-state index is 12.3. The van der Waals surface area contributed by atoms with Crippen molar-refractivity contribution in [3.8, 4) is 10.7 Å². The van der Waals surface area contributed by atoms with Gasteiger partial charge in [0, 0.05) is 30.5 Å². The SMILES string of the molecule is O=C(NCCc1csc2nc(-c3cccs3)nn12)c1cc([N+](=O)[O-])ccc1Cl. The first kappa shape index (κ1) is 18.5. The van der Waals surface area contributed by atoms with E-state index in [4.69, 9.17) is 11.6 Å². The van der Waals surface area contributed by atoms with Crippen LogP contribution in [0.4, 0.5) is 5.69 Å². The molecule has 0 aliphatic heterocycles. The molecule has 11 heteroatoms. The van der Waals surface area contributed by atoms with Gasteiger partial charge in [0.25, 0.3) is 11.6 Å². The van der Waals surface area contributed by atoms with Crippen LogP contribution in [0.1, 0.15) is 16.1 Å². The Morgan fingerprint density at radius 3 is 2.93 bits per heavy atom.